The maximum Gasteiger partial charge on any atom is 0.225 e. The van der Waals surface area contributed by atoms with Gasteiger partial charge >= 0.3 is 0 Å². The van der Waals surface area contributed by atoms with E-state index in [1.54, 1.807) is 0 Å². The van der Waals surface area contributed by atoms with Crippen LogP contribution in [-0.2, 0) is 9.53 Å². The highest BCUT2D eigenvalue weighted by atomic mass is 16.5. The summed E-state index contributed by atoms with van der Waals surface area (Å²) in [6.45, 7) is 0.924. The second-order valence-corrected chi connectivity index (χ2v) is 6.90. The molecule has 1 N–H and O–H groups in total. The molecule has 3 nitrogen and oxygen atoms in total. The van der Waals surface area contributed by atoms with Crippen molar-refractivity contribution in [3.05, 3.63) is 0 Å². The van der Waals surface area contributed by atoms with E-state index in [4.69, 9.17) is 4.74 Å². The van der Waals surface area contributed by atoms with E-state index in [9.17, 15) is 4.79 Å². The Balaban J connectivity index is 1.29. The molecule has 2 saturated carbocycles. The Hall–Kier alpha value is -0.570. The second-order valence-electron chi connectivity index (χ2n) is 6.90. The minimum Gasteiger partial charge on any atom is -0.374 e. The maximum absolute atomic E-state index is 12.2. The van der Waals surface area contributed by atoms with Gasteiger partial charge in [-0.05, 0) is 56.3 Å². The van der Waals surface area contributed by atoms with E-state index in [-0.39, 0.29) is 17.9 Å². The smallest absolute Gasteiger partial charge is 0.225 e. The van der Waals surface area contributed by atoms with Crippen LogP contribution in [0.2, 0.25) is 0 Å². The minimum absolute atomic E-state index is 0.155. The third-order valence-corrected chi connectivity index (χ3v) is 5.87. The number of carbonyl (C=O) groups excluding carboxylic acids is 1. The van der Waals surface area contributed by atoms with Gasteiger partial charge in [-0.25, -0.2) is 0 Å². The lowest BCUT2D eigenvalue weighted by molar-refractivity contribution is -0.126. The molecular formula is C15H23NO2. The van der Waals surface area contributed by atoms with Gasteiger partial charge in [0.1, 0.15) is 0 Å². The lowest BCUT2D eigenvalue weighted by atomic mass is 9.87. The average Bonchev–Trinajstić information content (AvgIpc) is 3.13. The molecular weight excluding hydrogens is 226 g/mol. The first-order valence-corrected chi connectivity index (χ1v) is 7.73. The van der Waals surface area contributed by atoms with E-state index in [0.717, 1.165) is 37.1 Å². The van der Waals surface area contributed by atoms with Gasteiger partial charge in [-0.15, -0.1) is 0 Å². The highest BCUT2D eigenvalue weighted by Crippen LogP contribution is 2.48. The lowest BCUT2D eigenvalue weighted by Crippen LogP contribution is -2.39. The van der Waals surface area contributed by atoms with Crippen molar-refractivity contribution < 1.29 is 9.53 Å². The molecule has 2 aliphatic carbocycles. The summed E-state index contributed by atoms with van der Waals surface area (Å²) in [5.74, 6) is 3.08. The summed E-state index contributed by atoms with van der Waals surface area (Å²) in [7, 11) is 0. The second kappa shape index (κ2) is 4.22. The minimum atomic E-state index is 0.155. The first kappa shape index (κ1) is 11.3. The maximum atomic E-state index is 12.2. The van der Waals surface area contributed by atoms with Gasteiger partial charge in [0.2, 0.25) is 5.91 Å². The fourth-order valence-electron chi connectivity index (χ4n) is 4.90. The summed E-state index contributed by atoms with van der Waals surface area (Å²) in [4.78, 5) is 12.2. The van der Waals surface area contributed by atoms with E-state index in [1.807, 2.05) is 0 Å². The van der Waals surface area contributed by atoms with Gasteiger partial charge in [0.15, 0.2) is 0 Å². The van der Waals surface area contributed by atoms with Gasteiger partial charge in [0, 0.05) is 6.54 Å². The van der Waals surface area contributed by atoms with Crippen LogP contribution >= 0.6 is 0 Å². The van der Waals surface area contributed by atoms with Gasteiger partial charge < -0.3 is 10.1 Å². The molecule has 2 aliphatic heterocycles. The van der Waals surface area contributed by atoms with Crippen molar-refractivity contribution in [3.63, 3.8) is 0 Å². The summed E-state index contributed by atoms with van der Waals surface area (Å²) in [6.07, 6.45) is 9.47. The molecule has 6 atom stereocenters. The first-order chi connectivity index (χ1) is 8.79. The zero-order valence-electron chi connectivity index (χ0n) is 10.9. The molecule has 4 aliphatic rings. The molecule has 2 heterocycles. The van der Waals surface area contributed by atoms with Gasteiger partial charge in [-0.1, -0.05) is 6.42 Å². The number of nitrogens with one attached hydrogen (secondary N) is 1. The Kier molecular flexibility index (Phi) is 2.65. The van der Waals surface area contributed by atoms with Gasteiger partial charge in [-0.2, -0.15) is 0 Å². The van der Waals surface area contributed by atoms with Crippen molar-refractivity contribution in [2.24, 2.45) is 23.7 Å². The first-order valence-electron chi connectivity index (χ1n) is 7.73. The molecule has 2 saturated heterocycles. The van der Waals surface area contributed by atoms with E-state index in [1.165, 1.54) is 32.1 Å². The third-order valence-electron chi connectivity index (χ3n) is 5.87. The molecule has 4 fully saturated rings. The molecule has 0 unspecified atom stereocenters. The van der Waals surface area contributed by atoms with E-state index in [0.29, 0.717) is 6.10 Å². The van der Waals surface area contributed by atoms with Gasteiger partial charge in [0.25, 0.3) is 0 Å². The molecule has 1 amide bonds. The van der Waals surface area contributed by atoms with Crippen LogP contribution in [0.5, 0.6) is 0 Å². The van der Waals surface area contributed by atoms with Crippen LogP contribution < -0.4 is 5.32 Å². The molecule has 0 aromatic rings. The quantitative estimate of drug-likeness (QED) is 0.832. The van der Waals surface area contributed by atoms with Crippen molar-refractivity contribution in [1.29, 1.82) is 0 Å². The van der Waals surface area contributed by atoms with Crippen molar-refractivity contribution >= 4 is 5.91 Å². The fourth-order valence-corrected chi connectivity index (χ4v) is 4.90. The van der Waals surface area contributed by atoms with Crippen molar-refractivity contribution in [1.82, 2.24) is 5.32 Å². The largest absolute Gasteiger partial charge is 0.374 e. The monoisotopic (exact) mass is 249 g/mol. The van der Waals surface area contributed by atoms with Crippen LogP contribution in [0.25, 0.3) is 0 Å². The standard InChI is InChI=1S/C15H23NO2/c17-15(13-7-12-3-4-14(13)18-12)16-8-11-6-9-1-2-10(11)5-9/h9-14H,1-8H2,(H,16,17)/t9-,10-,11+,12+,13+,14+/m0/s1. The van der Waals surface area contributed by atoms with E-state index in [2.05, 4.69) is 5.32 Å². The number of hydrogen-bond donors (Lipinski definition) is 1. The molecule has 0 spiro atoms. The van der Waals surface area contributed by atoms with Crippen LogP contribution in [0.3, 0.4) is 0 Å². The van der Waals surface area contributed by atoms with Crippen molar-refractivity contribution in [2.75, 3.05) is 6.54 Å². The Labute approximate surface area is 109 Å². The molecule has 4 bridgehead atoms. The topological polar surface area (TPSA) is 38.3 Å². The summed E-state index contributed by atoms with van der Waals surface area (Å²) >= 11 is 0. The Morgan fingerprint density at radius 2 is 2.06 bits per heavy atom. The van der Waals surface area contributed by atoms with Gasteiger partial charge in [0.05, 0.1) is 18.1 Å². The summed E-state index contributed by atoms with van der Waals surface area (Å²) < 4.78 is 5.77. The Bertz CT molecular complexity index is 356. The predicted molar refractivity (Wildman–Crippen MR) is 67.9 cm³/mol. The molecule has 0 aromatic carbocycles. The number of fused-ring (bicyclic) bond motifs is 4. The third kappa shape index (κ3) is 1.78. The summed E-state index contributed by atoms with van der Waals surface area (Å²) in [5, 5.41) is 3.22. The van der Waals surface area contributed by atoms with Crippen LogP contribution in [0.4, 0.5) is 0 Å². The Morgan fingerprint density at radius 1 is 1.11 bits per heavy atom. The van der Waals surface area contributed by atoms with Crippen LogP contribution in [0, 0.1) is 23.7 Å². The zero-order chi connectivity index (χ0) is 12.1. The molecule has 4 rings (SSSR count). The fraction of sp³-hybridized carbons (Fsp3) is 0.933. The lowest BCUT2D eigenvalue weighted by Gasteiger charge is -2.24. The van der Waals surface area contributed by atoms with Crippen molar-refractivity contribution in [3.8, 4) is 0 Å². The number of amides is 1. The zero-order valence-corrected chi connectivity index (χ0v) is 10.9. The molecule has 3 heteroatoms. The molecule has 100 valence electrons. The van der Waals surface area contributed by atoms with Crippen LogP contribution in [0.15, 0.2) is 0 Å². The van der Waals surface area contributed by atoms with Crippen molar-refractivity contribution in [2.45, 2.75) is 57.2 Å². The van der Waals surface area contributed by atoms with Crippen LogP contribution in [0.1, 0.15) is 44.9 Å². The SMILES string of the molecule is O=C(NC[C@H]1C[C@H]2CC[C@H]1C2)[C@@H]1C[C@H]2CC[C@H]1O2. The number of carbonyl (C=O) groups is 1. The molecule has 0 radical (unpaired) electrons. The Morgan fingerprint density at radius 3 is 2.67 bits per heavy atom. The van der Waals surface area contributed by atoms with Crippen LogP contribution in [-0.4, -0.2) is 24.7 Å². The van der Waals surface area contributed by atoms with E-state index >= 15 is 0 Å². The van der Waals surface area contributed by atoms with E-state index < -0.39 is 0 Å². The summed E-state index contributed by atoms with van der Waals surface area (Å²) in [5.41, 5.74) is 0. The number of hydrogen-bond acceptors (Lipinski definition) is 2. The highest BCUT2D eigenvalue weighted by molar-refractivity contribution is 5.79. The number of rotatable bonds is 3. The summed E-state index contributed by atoms with van der Waals surface area (Å²) in [6, 6.07) is 0. The molecule has 18 heavy (non-hydrogen) atoms. The van der Waals surface area contributed by atoms with Gasteiger partial charge in [-0.3, -0.25) is 4.79 Å². The number of ether oxygens (including phenoxy) is 1. The predicted octanol–water partition coefficient (Wildman–Crippen LogP) is 2.11. The molecule has 0 aromatic heterocycles. The normalized spacial score (nSPS) is 48.9. The highest BCUT2D eigenvalue weighted by Gasteiger charge is 2.45. The average molecular weight is 249 g/mol.